The van der Waals surface area contributed by atoms with Gasteiger partial charge >= 0.3 is 12.0 Å². The third-order valence-corrected chi connectivity index (χ3v) is 2.42. The molecular weight excluding hydrogens is 280 g/mol. The van der Waals surface area contributed by atoms with Crippen molar-refractivity contribution in [1.29, 1.82) is 0 Å². The summed E-state index contributed by atoms with van der Waals surface area (Å²) in [6.45, 7) is 0.213. The van der Waals surface area contributed by atoms with Crippen molar-refractivity contribution in [2.45, 2.75) is 12.8 Å². The summed E-state index contributed by atoms with van der Waals surface area (Å²) in [7, 11) is 1.34. The minimum atomic E-state index is -0.928. The number of hydrogen-bond donors (Lipinski definition) is 4. The second-order valence-corrected chi connectivity index (χ2v) is 4.02. The van der Waals surface area contributed by atoms with Crippen molar-refractivity contribution in [2.75, 3.05) is 19.0 Å². The van der Waals surface area contributed by atoms with Gasteiger partial charge < -0.3 is 26.2 Å². The highest BCUT2D eigenvalue weighted by Gasteiger charge is 2.12. The molecule has 0 saturated carbocycles. The lowest BCUT2D eigenvalue weighted by molar-refractivity contribution is -0.137. The minimum absolute atomic E-state index is 0.0316. The second-order valence-electron chi connectivity index (χ2n) is 4.02. The number of aliphatic carboxylic acids is 1. The van der Waals surface area contributed by atoms with Crippen molar-refractivity contribution < 1.29 is 24.2 Å². The summed E-state index contributed by atoms with van der Waals surface area (Å²) in [5, 5.41) is 13.4. The standard InChI is InChI=1S/C12H16N4O5/c1-21-11-8(10(13)19)5-7(6-15-11)16-12(20)14-4-2-3-9(17)18/h5-6H,2-4H2,1H3,(H2,13,19)(H,17,18)(H2,14,16,20). The number of nitrogens with two attached hydrogens (primary N) is 1. The zero-order chi connectivity index (χ0) is 15.8. The Bertz CT molecular complexity index is 546. The van der Waals surface area contributed by atoms with Gasteiger partial charge in [-0.05, 0) is 12.5 Å². The number of aromatic nitrogens is 1. The van der Waals surface area contributed by atoms with Crippen LogP contribution < -0.4 is 21.1 Å². The molecule has 1 aromatic rings. The summed E-state index contributed by atoms with van der Waals surface area (Å²) in [6.07, 6.45) is 1.59. The third kappa shape index (κ3) is 5.35. The molecule has 0 aliphatic carbocycles. The largest absolute Gasteiger partial charge is 0.481 e. The number of carboxylic acid groups (broad SMARTS) is 1. The van der Waals surface area contributed by atoms with Crippen molar-refractivity contribution in [2.24, 2.45) is 5.73 Å². The Kier molecular flexibility index (Phi) is 5.93. The fourth-order valence-corrected chi connectivity index (χ4v) is 1.48. The number of carbonyl (C=O) groups excluding carboxylic acids is 2. The zero-order valence-electron chi connectivity index (χ0n) is 11.4. The lowest BCUT2D eigenvalue weighted by Crippen LogP contribution is -2.30. The van der Waals surface area contributed by atoms with Crippen molar-refractivity contribution in [3.8, 4) is 5.88 Å². The van der Waals surface area contributed by atoms with Crippen LogP contribution in [-0.2, 0) is 4.79 Å². The van der Waals surface area contributed by atoms with Crippen molar-refractivity contribution >= 4 is 23.6 Å². The van der Waals surface area contributed by atoms with E-state index >= 15 is 0 Å². The van der Waals surface area contributed by atoms with E-state index in [-0.39, 0.29) is 30.1 Å². The van der Waals surface area contributed by atoms with Gasteiger partial charge in [-0.1, -0.05) is 0 Å². The van der Waals surface area contributed by atoms with E-state index in [0.29, 0.717) is 6.42 Å². The first-order valence-electron chi connectivity index (χ1n) is 6.04. The van der Waals surface area contributed by atoms with Crippen molar-refractivity contribution in [3.05, 3.63) is 17.8 Å². The van der Waals surface area contributed by atoms with Gasteiger partial charge in [0, 0.05) is 13.0 Å². The van der Waals surface area contributed by atoms with Gasteiger partial charge in [0.2, 0.25) is 5.88 Å². The number of amides is 3. The molecule has 114 valence electrons. The molecule has 9 heteroatoms. The molecule has 1 rings (SSSR count). The number of urea groups is 1. The van der Waals surface area contributed by atoms with Gasteiger partial charge in [0.05, 0.1) is 19.0 Å². The van der Waals surface area contributed by atoms with Crippen LogP contribution in [0.25, 0.3) is 0 Å². The van der Waals surface area contributed by atoms with Crippen LogP contribution in [0.4, 0.5) is 10.5 Å². The molecule has 0 aliphatic rings. The third-order valence-electron chi connectivity index (χ3n) is 2.42. The van der Waals surface area contributed by atoms with Crippen LogP contribution in [0.1, 0.15) is 23.2 Å². The molecule has 0 spiro atoms. The number of carboxylic acids is 1. The van der Waals surface area contributed by atoms with Crippen LogP contribution in [0.5, 0.6) is 5.88 Å². The molecule has 0 aromatic carbocycles. The Morgan fingerprint density at radius 1 is 1.43 bits per heavy atom. The molecule has 1 heterocycles. The first-order valence-corrected chi connectivity index (χ1v) is 6.04. The molecule has 0 fully saturated rings. The van der Waals surface area contributed by atoms with Crippen molar-refractivity contribution in [3.63, 3.8) is 0 Å². The number of anilines is 1. The highest BCUT2D eigenvalue weighted by atomic mass is 16.5. The summed E-state index contributed by atoms with van der Waals surface area (Å²) in [5.74, 6) is -1.59. The first-order chi connectivity index (χ1) is 9.93. The highest BCUT2D eigenvalue weighted by molar-refractivity contribution is 5.97. The van der Waals surface area contributed by atoms with Crippen LogP contribution >= 0.6 is 0 Å². The van der Waals surface area contributed by atoms with Gasteiger partial charge in [-0.25, -0.2) is 9.78 Å². The number of ether oxygens (including phenoxy) is 1. The number of methoxy groups -OCH3 is 1. The van der Waals surface area contributed by atoms with Gasteiger partial charge in [0.1, 0.15) is 5.56 Å². The van der Waals surface area contributed by atoms with Gasteiger partial charge in [-0.2, -0.15) is 0 Å². The predicted octanol–water partition coefficient (Wildman–Crippen LogP) is 0.175. The lowest BCUT2D eigenvalue weighted by atomic mass is 10.2. The van der Waals surface area contributed by atoms with E-state index < -0.39 is 17.9 Å². The zero-order valence-corrected chi connectivity index (χ0v) is 11.4. The van der Waals surface area contributed by atoms with Gasteiger partial charge in [-0.15, -0.1) is 0 Å². The molecule has 21 heavy (non-hydrogen) atoms. The summed E-state index contributed by atoms with van der Waals surface area (Å²) < 4.78 is 4.87. The average Bonchev–Trinajstić information content (AvgIpc) is 2.43. The molecule has 1 aromatic heterocycles. The van der Waals surface area contributed by atoms with Crippen LogP contribution in [0.3, 0.4) is 0 Å². The van der Waals surface area contributed by atoms with Crippen LogP contribution in [0, 0.1) is 0 Å². The summed E-state index contributed by atoms with van der Waals surface area (Å²) in [4.78, 5) is 36.9. The Balaban J connectivity index is 2.58. The predicted molar refractivity (Wildman–Crippen MR) is 73.2 cm³/mol. The Morgan fingerprint density at radius 3 is 2.71 bits per heavy atom. The molecule has 0 atom stereocenters. The summed E-state index contributed by atoms with van der Waals surface area (Å²) in [5.41, 5.74) is 5.48. The maximum absolute atomic E-state index is 11.5. The fraction of sp³-hybridized carbons (Fsp3) is 0.333. The van der Waals surface area contributed by atoms with E-state index in [0.717, 1.165) is 0 Å². The maximum Gasteiger partial charge on any atom is 0.319 e. The number of pyridine rings is 1. The van der Waals surface area contributed by atoms with Crippen LogP contribution in [0.2, 0.25) is 0 Å². The normalized spacial score (nSPS) is 9.76. The molecule has 0 radical (unpaired) electrons. The van der Waals surface area contributed by atoms with Crippen LogP contribution in [0.15, 0.2) is 12.3 Å². The molecule has 9 nitrogen and oxygen atoms in total. The molecule has 0 saturated heterocycles. The van der Waals surface area contributed by atoms with Gasteiger partial charge in [0.25, 0.3) is 5.91 Å². The summed E-state index contributed by atoms with van der Waals surface area (Å²) >= 11 is 0. The molecular formula is C12H16N4O5. The number of hydrogen-bond acceptors (Lipinski definition) is 5. The van der Waals surface area contributed by atoms with E-state index in [1.54, 1.807) is 0 Å². The SMILES string of the molecule is COc1ncc(NC(=O)NCCCC(=O)O)cc1C(N)=O. The average molecular weight is 296 g/mol. The monoisotopic (exact) mass is 296 g/mol. The van der Waals surface area contributed by atoms with E-state index in [1.165, 1.54) is 19.4 Å². The lowest BCUT2D eigenvalue weighted by Gasteiger charge is -2.09. The molecule has 3 amide bonds. The molecule has 0 aliphatic heterocycles. The fourth-order valence-electron chi connectivity index (χ4n) is 1.48. The number of nitrogens with one attached hydrogen (secondary N) is 2. The quantitative estimate of drug-likeness (QED) is 0.528. The smallest absolute Gasteiger partial charge is 0.319 e. The number of primary amides is 1. The van der Waals surface area contributed by atoms with E-state index in [9.17, 15) is 14.4 Å². The second kappa shape index (κ2) is 7.68. The maximum atomic E-state index is 11.5. The Morgan fingerprint density at radius 2 is 2.14 bits per heavy atom. The first kappa shape index (κ1) is 16.2. The number of carbonyl (C=O) groups is 3. The minimum Gasteiger partial charge on any atom is -0.481 e. The molecule has 0 bridgehead atoms. The van der Waals surface area contributed by atoms with E-state index in [2.05, 4.69) is 15.6 Å². The van der Waals surface area contributed by atoms with Gasteiger partial charge in [0.15, 0.2) is 0 Å². The van der Waals surface area contributed by atoms with Gasteiger partial charge in [-0.3, -0.25) is 9.59 Å². The highest BCUT2D eigenvalue weighted by Crippen LogP contribution is 2.18. The van der Waals surface area contributed by atoms with E-state index in [1.807, 2.05) is 0 Å². The summed E-state index contributed by atoms with van der Waals surface area (Å²) in [6, 6.07) is 0.799. The molecule has 5 N–H and O–H groups in total. The number of rotatable bonds is 7. The Labute approximate surface area is 120 Å². The van der Waals surface area contributed by atoms with Crippen LogP contribution in [-0.4, -0.2) is 41.7 Å². The topological polar surface area (TPSA) is 144 Å². The Hall–Kier alpha value is -2.84. The van der Waals surface area contributed by atoms with Crippen molar-refractivity contribution in [1.82, 2.24) is 10.3 Å². The van der Waals surface area contributed by atoms with E-state index in [4.69, 9.17) is 15.6 Å². The number of nitrogens with zero attached hydrogens (tertiary/aromatic N) is 1. The molecule has 0 unspecified atom stereocenters.